The van der Waals surface area contributed by atoms with Crippen LogP contribution in [0.2, 0.25) is 0 Å². The van der Waals surface area contributed by atoms with Gasteiger partial charge < -0.3 is 5.73 Å². The van der Waals surface area contributed by atoms with E-state index in [-0.39, 0.29) is 0 Å². The summed E-state index contributed by atoms with van der Waals surface area (Å²) < 4.78 is 1.73. The molecule has 0 bridgehead atoms. The van der Waals surface area contributed by atoms with Crippen molar-refractivity contribution in [1.29, 1.82) is 0 Å². The molecule has 5 nitrogen and oxygen atoms in total. The van der Waals surface area contributed by atoms with Gasteiger partial charge in [-0.25, -0.2) is 4.98 Å². The van der Waals surface area contributed by atoms with Crippen LogP contribution in [0.4, 0.5) is 5.95 Å². The molecule has 0 saturated heterocycles. The van der Waals surface area contributed by atoms with E-state index in [0.717, 1.165) is 13.0 Å². The van der Waals surface area contributed by atoms with Crippen molar-refractivity contribution >= 4 is 5.95 Å². The highest BCUT2D eigenvalue weighted by molar-refractivity contribution is 5.11. The molecule has 0 radical (unpaired) electrons. The lowest BCUT2D eigenvalue weighted by Crippen LogP contribution is -2.02. The quantitative estimate of drug-likeness (QED) is 0.763. The van der Waals surface area contributed by atoms with E-state index in [1.165, 1.54) is 5.56 Å². The van der Waals surface area contributed by atoms with Gasteiger partial charge in [-0.15, -0.1) is 5.10 Å². The Labute approximate surface area is 81.6 Å². The zero-order valence-electron chi connectivity index (χ0n) is 7.67. The maximum atomic E-state index is 5.39. The molecule has 0 fully saturated rings. The van der Waals surface area contributed by atoms with Gasteiger partial charge in [0, 0.05) is 18.9 Å². The Balaban J connectivity index is 1.95. The van der Waals surface area contributed by atoms with E-state index in [4.69, 9.17) is 5.73 Å². The first-order valence-corrected chi connectivity index (χ1v) is 4.38. The molecule has 0 aromatic carbocycles. The molecule has 14 heavy (non-hydrogen) atoms. The number of rotatable bonds is 3. The van der Waals surface area contributed by atoms with Crippen LogP contribution in [0.15, 0.2) is 30.9 Å². The molecular formula is C9H11N5. The molecule has 2 aromatic rings. The van der Waals surface area contributed by atoms with Gasteiger partial charge >= 0.3 is 0 Å². The van der Waals surface area contributed by atoms with E-state index in [9.17, 15) is 0 Å². The monoisotopic (exact) mass is 189 g/mol. The van der Waals surface area contributed by atoms with Crippen LogP contribution in [0.25, 0.3) is 0 Å². The van der Waals surface area contributed by atoms with Gasteiger partial charge in [0.2, 0.25) is 5.95 Å². The normalized spacial score (nSPS) is 10.3. The number of pyridine rings is 1. The second-order valence-electron chi connectivity index (χ2n) is 2.97. The van der Waals surface area contributed by atoms with Crippen LogP contribution in [0.3, 0.4) is 0 Å². The van der Waals surface area contributed by atoms with Crippen molar-refractivity contribution in [1.82, 2.24) is 19.7 Å². The third-order valence-electron chi connectivity index (χ3n) is 1.93. The van der Waals surface area contributed by atoms with E-state index in [0.29, 0.717) is 5.95 Å². The van der Waals surface area contributed by atoms with Gasteiger partial charge in [0.25, 0.3) is 0 Å². The third kappa shape index (κ3) is 2.07. The van der Waals surface area contributed by atoms with Crippen molar-refractivity contribution in [2.45, 2.75) is 13.0 Å². The van der Waals surface area contributed by atoms with Gasteiger partial charge in [0.1, 0.15) is 6.33 Å². The number of nitrogen functional groups attached to an aromatic ring is 1. The topological polar surface area (TPSA) is 69.6 Å². The number of aromatic nitrogens is 4. The second kappa shape index (κ2) is 3.87. The summed E-state index contributed by atoms with van der Waals surface area (Å²) in [6.45, 7) is 0.786. The van der Waals surface area contributed by atoms with Crippen molar-refractivity contribution in [2.75, 3.05) is 5.73 Å². The van der Waals surface area contributed by atoms with Crippen LogP contribution in [0.1, 0.15) is 5.56 Å². The fourth-order valence-electron chi connectivity index (χ4n) is 1.21. The molecule has 0 aliphatic carbocycles. The van der Waals surface area contributed by atoms with Crippen LogP contribution < -0.4 is 5.73 Å². The van der Waals surface area contributed by atoms with Crippen LogP contribution >= 0.6 is 0 Å². The molecule has 0 atom stereocenters. The molecule has 72 valence electrons. The standard InChI is InChI=1S/C9H11N5/c10-9-12-7-14(13-9)6-3-8-1-4-11-5-2-8/h1-2,4-5,7H,3,6H2,(H2,10,13). The van der Waals surface area contributed by atoms with E-state index in [1.807, 2.05) is 12.1 Å². The van der Waals surface area contributed by atoms with E-state index in [2.05, 4.69) is 15.1 Å². The van der Waals surface area contributed by atoms with Gasteiger partial charge in [-0.1, -0.05) is 0 Å². The third-order valence-corrected chi connectivity index (χ3v) is 1.93. The van der Waals surface area contributed by atoms with Crippen molar-refractivity contribution in [2.24, 2.45) is 0 Å². The highest BCUT2D eigenvalue weighted by Crippen LogP contribution is 1.99. The first-order chi connectivity index (χ1) is 6.84. The van der Waals surface area contributed by atoms with Crippen molar-refractivity contribution in [3.63, 3.8) is 0 Å². The molecule has 2 rings (SSSR count). The summed E-state index contributed by atoms with van der Waals surface area (Å²) in [6, 6.07) is 3.97. The Kier molecular flexibility index (Phi) is 2.40. The summed E-state index contributed by atoms with van der Waals surface area (Å²) >= 11 is 0. The Morgan fingerprint density at radius 2 is 2.07 bits per heavy atom. The predicted octanol–water partition coefficient (Wildman–Crippen LogP) is 0.498. The lowest BCUT2D eigenvalue weighted by molar-refractivity contribution is 0.615. The van der Waals surface area contributed by atoms with Crippen molar-refractivity contribution < 1.29 is 0 Å². The maximum Gasteiger partial charge on any atom is 0.239 e. The van der Waals surface area contributed by atoms with E-state index in [1.54, 1.807) is 23.4 Å². The molecule has 0 spiro atoms. The highest BCUT2D eigenvalue weighted by atomic mass is 15.3. The minimum Gasteiger partial charge on any atom is -0.367 e. The van der Waals surface area contributed by atoms with Crippen LogP contribution in [0.5, 0.6) is 0 Å². The lowest BCUT2D eigenvalue weighted by atomic mass is 10.2. The summed E-state index contributed by atoms with van der Waals surface area (Å²) in [5, 5.41) is 3.99. The van der Waals surface area contributed by atoms with E-state index < -0.39 is 0 Å². The van der Waals surface area contributed by atoms with Gasteiger partial charge in [0.15, 0.2) is 0 Å². The summed E-state index contributed by atoms with van der Waals surface area (Å²) in [6.07, 6.45) is 6.11. The highest BCUT2D eigenvalue weighted by Gasteiger charge is 1.96. The summed E-state index contributed by atoms with van der Waals surface area (Å²) in [5.74, 6) is 0.319. The Bertz CT molecular complexity index is 395. The number of nitrogens with two attached hydrogens (primary N) is 1. The van der Waals surface area contributed by atoms with Gasteiger partial charge in [-0.2, -0.15) is 0 Å². The first-order valence-electron chi connectivity index (χ1n) is 4.38. The number of anilines is 1. The summed E-state index contributed by atoms with van der Waals surface area (Å²) in [4.78, 5) is 7.80. The minimum atomic E-state index is 0.319. The molecule has 0 aliphatic rings. The van der Waals surface area contributed by atoms with Gasteiger partial charge in [-0.05, 0) is 24.1 Å². The fourth-order valence-corrected chi connectivity index (χ4v) is 1.21. The predicted molar refractivity (Wildman–Crippen MR) is 52.4 cm³/mol. The van der Waals surface area contributed by atoms with Crippen molar-refractivity contribution in [3.05, 3.63) is 36.4 Å². The Hall–Kier alpha value is -1.91. The molecule has 2 heterocycles. The summed E-state index contributed by atoms with van der Waals surface area (Å²) in [5.41, 5.74) is 6.63. The molecule has 2 N–H and O–H groups in total. The number of aryl methyl sites for hydroxylation is 2. The maximum absolute atomic E-state index is 5.39. The lowest BCUT2D eigenvalue weighted by Gasteiger charge is -1.99. The second-order valence-corrected chi connectivity index (χ2v) is 2.97. The number of nitrogens with zero attached hydrogens (tertiary/aromatic N) is 4. The average molecular weight is 189 g/mol. The van der Waals surface area contributed by atoms with Gasteiger partial charge in [0.05, 0.1) is 0 Å². The molecule has 0 saturated carbocycles. The number of hydrogen-bond donors (Lipinski definition) is 1. The molecule has 0 amide bonds. The van der Waals surface area contributed by atoms with Crippen molar-refractivity contribution in [3.8, 4) is 0 Å². The largest absolute Gasteiger partial charge is 0.367 e. The first kappa shape index (κ1) is 8.68. The average Bonchev–Trinajstić information content (AvgIpc) is 2.63. The minimum absolute atomic E-state index is 0.319. The smallest absolute Gasteiger partial charge is 0.239 e. The zero-order valence-corrected chi connectivity index (χ0v) is 7.67. The van der Waals surface area contributed by atoms with Gasteiger partial charge in [-0.3, -0.25) is 9.67 Å². The molecule has 0 unspecified atom stereocenters. The number of hydrogen-bond acceptors (Lipinski definition) is 4. The molecular weight excluding hydrogens is 178 g/mol. The van der Waals surface area contributed by atoms with Crippen LogP contribution in [-0.2, 0) is 13.0 Å². The Morgan fingerprint density at radius 3 is 2.71 bits per heavy atom. The summed E-state index contributed by atoms with van der Waals surface area (Å²) in [7, 11) is 0. The van der Waals surface area contributed by atoms with E-state index >= 15 is 0 Å². The fraction of sp³-hybridized carbons (Fsp3) is 0.222. The Morgan fingerprint density at radius 1 is 1.29 bits per heavy atom. The SMILES string of the molecule is Nc1ncn(CCc2ccncc2)n1. The zero-order chi connectivity index (χ0) is 9.80. The van der Waals surface area contributed by atoms with Crippen LogP contribution in [-0.4, -0.2) is 19.7 Å². The molecule has 2 aromatic heterocycles. The molecule has 0 aliphatic heterocycles. The molecule has 5 heteroatoms. The van der Waals surface area contributed by atoms with Crippen LogP contribution in [0, 0.1) is 0 Å².